The van der Waals surface area contributed by atoms with E-state index in [0.29, 0.717) is 31.6 Å². The lowest BCUT2D eigenvalue weighted by Crippen LogP contribution is -2.47. The molecule has 0 radical (unpaired) electrons. The van der Waals surface area contributed by atoms with Gasteiger partial charge in [-0.3, -0.25) is 4.98 Å². The first-order valence-electron chi connectivity index (χ1n) is 11.1. The van der Waals surface area contributed by atoms with Crippen LogP contribution >= 0.6 is 0 Å². The molecule has 0 bridgehead atoms. The van der Waals surface area contributed by atoms with Crippen LogP contribution in [0, 0.1) is 11.3 Å². The predicted molar refractivity (Wildman–Crippen MR) is 130 cm³/mol. The van der Waals surface area contributed by atoms with Gasteiger partial charge in [-0.2, -0.15) is 9.57 Å². The minimum absolute atomic E-state index is 0.0240. The Hall–Kier alpha value is -3.26. The van der Waals surface area contributed by atoms with Crippen molar-refractivity contribution in [1.82, 2.24) is 24.2 Å². The summed E-state index contributed by atoms with van der Waals surface area (Å²) in [5, 5.41) is 9.48. The Morgan fingerprint density at radius 3 is 2.82 bits per heavy atom. The number of nitrogens with one attached hydrogen (secondary N) is 1. The van der Waals surface area contributed by atoms with Gasteiger partial charge in [-0.05, 0) is 55.9 Å². The van der Waals surface area contributed by atoms with Crippen molar-refractivity contribution in [3.05, 3.63) is 77.6 Å². The zero-order valence-electron chi connectivity index (χ0n) is 19.4. The van der Waals surface area contributed by atoms with Crippen LogP contribution in [0.4, 0.5) is 5.69 Å². The van der Waals surface area contributed by atoms with Crippen LogP contribution in [0.3, 0.4) is 0 Å². The highest BCUT2D eigenvalue weighted by Gasteiger charge is 2.35. The molecule has 1 aromatic carbocycles. The van der Waals surface area contributed by atoms with E-state index >= 15 is 0 Å². The number of imidazole rings is 1. The van der Waals surface area contributed by atoms with Crippen molar-refractivity contribution < 1.29 is 8.42 Å². The van der Waals surface area contributed by atoms with E-state index in [0.717, 1.165) is 22.5 Å². The van der Waals surface area contributed by atoms with Gasteiger partial charge in [-0.1, -0.05) is 6.07 Å². The van der Waals surface area contributed by atoms with Crippen LogP contribution < -0.4 is 4.90 Å². The molecule has 34 heavy (non-hydrogen) atoms. The smallest absolute Gasteiger partial charge is 0.215 e. The first-order chi connectivity index (χ1) is 16.4. The van der Waals surface area contributed by atoms with Gasteiger partial charge in [0.1, 0.15) is 0 Å². The van der Waals surface area contributed by atoms with E-state index in [1.165, 1.54) is 0 Å². The Kier molecular flexibility index (Phi) is 7.26. The summed E-state index contributed by atoms with van der Waals surface area (Å²) in [7, 11) is 0.154. The Morgan fingerprint density at radius 2 is 2.15 bits per heavy atom. The third-order valence-corrected chi connectivity index (χ3v) is 7.81. The molecule has 0 amide bonds. The topological polar surface area (TPSA) is 109 Å². The van der Waals surface area contributed by atoms with Crippen molar-refractivity contribution in [3.8, 4) is 6.07 Å². The minimum atomic E-state index is -3.58. The summed E-state index contributed by atoms with van der Waals surface area (Å²) in [5.74, 6) is 0.0240. The number of sulfonamides is 1. The summed E-state index contributed by atoms with van der Waals surface area (Å²) >= 11 is 0. The SMILES string of the molecule is CN(C)CCS(=O)(=O)N1Cc2cc(C#N)ccc2N(Cc2c[nH]cn2)CC1Cc1cccnc1. The van der Waals surface area contributed by atoms with Crippen LogP contribution in [-0.4, -0.2) is 71.6 Å². The maximum absolute atomic E-state index is 13.6. The van der Waals surface area contributed by atoms with Crippen molar-refractivity contribution in [3.63, 3.8) is 0 Å². The van der Waals surface area contributed by atoms with Crippen LogP contribution in [-0.2, 0) is 29.5 Å². The second-order valence-corrected chi connectivity index (χ2v) is 10.8. The number of nitriles is 1. The monoisotopic (exact) mass is 479 g/mol. The molecule has 10 heteroatoms. The summed E-state index contributed by atoms with van der Waals surface area (Å²) in [6.45, 7) is 1.66. The zero-order valence-corrected chi connectivity index (χ0v) is 20.2. The molecule has 0 fully saturated rings. The minimum Gasteiger partial charge on any atom is -0.364 e. The van der Waals surface area contributed by atoms with Gasteiger partial charge in [-0.25, -0.2) is 13.4 Å². The Morgan fingerprint density at radius 1 is 1.29 bits per heavy atom. The number of benzene rings is 1. The summed E-state index contributed by atoms with van der Waals surface area (Å²) < 4.78 is 28.8. The maximum Gasteiger partial charge on any atom is 0.215 e. The van der Waals surface area contributed by atoms with Crippen LogP contribution in [0.1, 0.15) is 22.4 Å². The van der Waals surface area contributed by atoms with Crippen LogP contribution in [0.25, 0.3) is 0 Å². The highest BCUT2D eigenvalue weighted by molar-refractivity contribution is 7.89. The van der Waals surface area contributed by atoms with E-state index in [-0.39, 0.29) is 18.3 Å². The van der Waals surface area contributed by atoms with Crippen molar-refractivity contribution in [2.45, 2.75) is 25.6 Å². The lowest BCUT2D eigenvalue weighted by molar-refractivity contribution is 0.314. The third kappa shape index (κ3) is 5.62. The van der Waals surface area contributed by atoms with Gasteiger partial charge in [0, 0.05) is 50.0 Å². The van der Waals surface area contributed by atoms with E-state index in [9.17, 15) is 13.7 Å². The van der Waals surface area contributed by atoms with Gasteiger partial charge in [0.05, 0.1) is 36.0 Å². The molecule has 1 aliphatic rings. The average molecular weight is 480 g/mol. The van der Waals surface area contributed by atoms with Gasteiger partial charge in [0.2, 0.25) is 10.0 Å². The maximum atomic E-state index is 13.6. The number of pyridine rings is 1. The molecule has 0 aliphatic carbocycles. The van der Waals surface area contributed by atoms with E-state index in [2.05, 4.69) is 25.9 Å². The fourth-order valence-electron chi connectivity index (χ4n) is 4.25. The molecule has 178 valence electrons. The summed E-state index contributed by atoms with van der Waals surface area (Å²) in [6.07, 6.45) is 7.51. The Bertz CT molecular complexity index is 1240. The van der Waals surface area contributed by atoms with E-state index in [4.69, 9.17) is 0 Å². The molecular weight excluding hydrogens is 450 g/mol. The lowest BCUT2D eigenvalue weighted by atomic mass is 10.1. The molecule has 1 atom stereocenters. The highest BCUT2D eigenvalue weighted by Crippen LogP contribution is 2.32. The second kappa shape index (κ2) is 10.3. The molecule has 3 aromatic rings. The molecule has 4 rings (SSSR count). The fourth-order valence-corrected chi connectivity index (χ4v) is 6.01. The van der Waals surface area contributed by atoms with E-state index in [1.807, 2.05) is 43.4 Å². The molecular formula is C24H29N7O2S. The highest BCUT2D eigenvalue weighted by atomic mass is 32.2. The largest absolute Gasteiger partial charge is 0.364 e. The van der Waals surface area contributed by atoms with Crippen molar-refractivity contribution in [2.75, 3.05) is 37.8 Å². The number of hydrogen-bond acceptors (Lipinski definition) is 7. The molecule has 9 nitrogen and oxygen atoms in total. The summed E-state index contributed by atoms with van der Waals surface area (Å²) in [5.41, 5.74) is 4.08. The number of anilines is 1. The van der Waals surface area contributed by atoms with Crippen molar-refractivity contribution in [2.24, 2.45) is 0 Å². The normalized spacial score (nSPS) is 16.8. The van der Waals surface area contributed by atoms with Crippen LogP contribution in [0.15, 0.2) is 55.2 Å². The third-order valence-electron chi connectivity index (χ3n) is 5.97. The molecule has 2 aromatic heterocycles. The number of H-pyrrole nitrogens is 1. The lowest BCUT2D eigenvalue weighted by Gasteiger charge is -2.32. The predicted octanol–water partition coefficient (Wildman–Crippen LogP) is 2.00. The summed E-state index contributed by atoms with van der Waals surface area (Å²) in [6, 6.07) is 11.2. The number of aromatic nitrogens is 3. The fraction of sp³-hybridized carbons (Fsp3) is 0.375. The number of aromatic amines is 1. The zero-order chi connectivity index (χ0) is 24.1. The number of nitrogens with zero attached hydrogens (tertiary/aromatic N) is 6. The van der Waals surface area contributed by atoms with Crippen molar-refractivity contribution >= 4 is 15.7 Å². The average Bonchev–Trinajstić information content (AvgIpc) is 3.28. The first kappa shape index (κ1) is 23.9. The quantitative estimate of drug-likeness (QED) is 0.526. The number of hydrogen-bond donors (Lipinski definition) is 1. The number of rotatable bonds is 8. The van der Waals surface area contributed by atoms with Crippen molar-refractivity contribution in [1.29, 1.82) is 5.26 Å². The molecule has 0 saturated heterocycles. The van der Waals surface area contributed by atoms with E-state index < -0.39 is 10.0 Å². The number of fused-ring (bicyclic) bond motifs is 1. The second-order valence-electron chi connectivity index (χ2n) is 8.78. The Labute approximate surface area is 200 Å². The molecule has 0 spiro atoms. The summed E-state index contributed by atoms with van der Waals surface area (Å²) in [4.78, 5) is 15.6. The van der Waals surface area contributed by atoms with Crippen LogP contribution in [0.2, 0.25) is 0 Å². The molecule has 0 saturated carbocycles. The molecule has 1 aliphatic heterocycles. The standard InChI is InChI=1S/C24H29N7O2S/c1-29(2)8-9-34(32,33)31-15-21-10-19(12-25)5-6-24(21)30(16-22-14-27-18-28-22)17-23(31)11-20-4-3-7-26-13-20/h3-7,10,13-14,18,23H,8-9,11,15-17H2,1-2H3,(H,27,28). The first-order valence-corrected chi connectivity index (χ1v) is 12.8. The van der Waals surface area contributed by atoms with Gasteiger partial charge < -0.3 is 14.8 Å². The molecule has 3 heterocycles. The van der Waals surface area contributed by atoms with Gasteiger partial charge in [0.25, 0.3) is 0 Å². The van der Waals surface area contributed by atoms with Crippen LogP contribution in [0.5, 0.6) is 0 Å². The van der Waals surface area contributed by atoms with Gasteiger partial charge in [-0.15, -0.1) is 0 Å². The Balaban J connectivity index is 1.77. The van der Waals surface area contributed by atoms with Gasteiger partial charge in [0.15, 0.2) is 0 Å². The molecule has 1 N–H and O–H groups in total. The van der Waals surface area contributed by atoms with Gasteiger partial charge >= 0.3 is 0 Å². The van der Waals surface area contributed by atoms with E-state index in [1.54, 1.807) is 35.2 Å². The molecule has 1 unspecified atom stereocenters.